The molecule has 1 heterocycles. The van der Waals surface area contributed by atoms with Crippen molar-refractivity contribution < 1.29 is 9.90 Å². The highest BCUT2D eigenvalue weighted by molar-refractivity contribution is 6.37. The SMILES string of the molecule is O=C(O)CCc1cn(-c2c(Cl)cccc2Cl)nn1. The molecule has 94 valence electrons. The number of carboxylic acid groups (broad SMARTS) is 1. The average molecular weight is 286 g/mol. The molecule has 7 heteroatoms. The van der Waals surface area contributed by atoms with Gasteiger partial charge in [0.1, 0.15) is 5.69 Å². The minimum atomic E-state index is -0.875. The van der Waals surface area contributed by atoms with E-state index in [0.717, 1.165) is 0 Å². The number of aryl methyl sites for hydroxylation is 1. The summed E-state index contributed by atoms with van der Waals surface area (Å²) in [5.74, 6) is -0.875. The summed E-state index contributed by atoms with van der Waals surface area (Å²) in [5, 5.41) is 17.3. The highest BCUT2D eigenvalue weighted by Crippen LogP contribution is 2.27. The van der Waals surface area contributed by atoms with E-state index in [0.29, 0.717) is 27.8 Å². The maximum atomic E-state index is 10.5. The molecule has 0 saturated heterocycles. The van der Waals surface area contributed by atoms with Gasteiger partial charge in [0.25, 0.3) is 0 Å². The number of halogens is 2. The lowest BCUT2D eigenvalue weighted by molar-refractivity contribution is -0.136. The fourth-order valence-electron chi connectivity index (χ4n) is 1.47. The first kappa shape index (κ1) is 12.9. The Morgan fingerprint density at radius 1 is 1.33 bits per heavy atom. The number of aliphatic carboxylic acids is 1. The molecule has 0 bridgehead atoms. The predicted octanol–water partition coefficient (Wildman–Crippen LogP) is 2.59. The lowest BCUT2D eigenvalue weighted by atomic mass is 10.2. The van der Waals surface area contributed by atoms with Crippen molar-refractivity contribution in [2.45, 2.75) is 12.8 Å². The molecule has 1 aromatic carbocycles. The Kier molecular flexibility index (Phi) is 3.84. The molecule has 0 radical (unpaired) electrons. The smallest absolute Gasteiger partial charge is 0.303 e. The number of para-hydroxylation sites is 1. The third-order valence-corrected chi connectivity index (χ3v) is 2.91. The minimum Gasteiger partial charge on any atom is -0.481 e. The second-order valence-corrected chi connectivity index (χ2v) is 4.43. The lowest BCUT2D eigenvalue weighted by Gasteiger charge is -2.04. The average Bonchev–Trinajstić information content (AvgIpc) is 2.75. The summed E-state index contributed by atoms with van der Waals surface area (Å²) in [6.07, 6.45) is 1.95. The van der Waals surface area contributed by atoms with Gasteiger partial charge in [-0.2, -0.15) is 0 Å². The van der Waals surface area contributed by atoms with E-state index in [2.05, 4.69) is 10.3 Å². The number of rotatable bonds is 4. The third-order valence-electron chi connectivity index (χ3n) is 2.30. The number of aromatic nitrogens is 3. The number of carboxylic acids is 1. The van der Waals surface area contributed by atoms with Gasteiger partial charge in [-0.25, -0.2) is 4.68 Å². The molecule has 0 atom stereocenters. The summed E-state index contributed by atoms with van der Waals surface area (Å²) < 4.78 is 1.45. The van der Waals surface area contributed by atoms with Crippen molar-refractivity contribution in [1.82, 2.24) is 15.0 Å². The molecule has 0 aliphatic carbocycles. The predicted molar refractivity (Wildman–Crippen MR) is 67.3 cm³/mol. The molecular formula is C11H9Cl2N3O2. The Labute approximate surface area is 113 Å². The molecule has 0 amide bonds. The quantitative estimate of drug-likeness (QED) is 0.938. The van der Waals surface area contributed by atoms with Crippen molar-refractivity contribution in [3.63, 3.8) is 0 Å². The molecule has 0 saturated carbocycles. The first-order valence-corrected chi connectivity index (χ1v) is 5.91. The van der Waals surface area contributed by atoms with E-state index in [-0.39, 0.29) is 6.42 Å². The normalized spacial score (nSPS) is 10.6. The van der Waals surface area contributed by atoms with E-state index in [9.17, 15) is 4.79 Å². The van der Waals surface area contributed by atoms with Crippen molar-refractivity contribution in [2.75, 3.05) is 0 Å². The molecule has 0 aliphatic heterocycles. The summed E-state index contributed by atoms with van der Waals surface area (Å²) >= 11 is 12.1. The lowest BCUT2D eigenvalue weighted by Crippen LogP contribution is -1.98. The van der Waals surface area contributed by atoms with Crippen LogP contribution in [0.3, 0.4) is 0 Å². The number of nitrogens with zero attached hydrogens (tertiary/aromatic N) is 3. The molecule has 2 rings (SSSR count). The Morgan fingerprint density at radius 3 is 2.61 bits per heavy atom. The third kappa shape index (κ3) is 2.80. The van der Waals surface area contributed by atoms with Crippen LogP contribution < -0.4 is 0 Å². The summed E-state index contributed by atoms with van der Waals surface area (Å²) in [6.45, 7) is 0. The number of hydrogen-bond acceptors (Lipinski definition) is 3. The highest BCUT2D eigenvalue weighted by atomic mass is 35.5. The van der Waals surface area contributed by atoms with Crippen molar-refractivity contribution in [3.05, 3.63) is 40.1 Å². The van der Waals surface area contributed by atoms with Crippen LogP contribution in [0.5, 0.6) is 0 Å². The molecule has 0 spiro atoms. The van der Waals surface area contributed by atoms with Gasteiger partial charge in [-0.05, 0) is 12.1 Å². The Hall–Kier alpha value is -1.59. The van der Waals surface area contributed by atoms with Crippen LogP contribution in [-0.4, -0.2) is 26.1 Å². The standard InChI is InChI=1S/C11H9Cl2N3O2/c12-8-2-1-3-9(13)11(8)16-6-7(14-15-16)4-5-10(17)18/h1-3,6H,4-5H2,(H,17,18). The highest BCUT2D eigenvalue weighted by Gasteiger charge is 2.11. The fourth-order valence-corrected chi connectivity index (χ4v) is 2.04. The maximum Gasteiger partial charge on any atom is 0.303 e. The minimum absolute atomic E-state index is 0.00888. The van der Waals surface area contributed by atoms with Crippen molar-refractivity contribution in [1.29, 1.82) is 0 Å². The second-order valence-electron chi connectivity index (χ2n) is 3.62. The zero-order valence-corrected chi connectivity index (χ0v) is 10.7. The van der Waals surface area contributed by atoms with Crippen molar-refractivity contribution in [2.24, 2.45) is 0 Å². The first-order chi connectivity index (χ1) is 8.58. The summed E-state index contributed by atoms with van der Waals surface area (Å²) in [6, 6.07) is 5.12. The zero-order chi connectivity index (χ0) is 13.1. The van der Waals surface area contributed by atoms with E-state index in [4.69, 9.17) is 28.3 Å². The molecule has 1 N–H and O–H groups in total. The fraction of sp³-hybridized carbons (Fsp3) is 0.182. The van der Waals surface area contributed by atoms with Crippen LogP contribution in [0.15, 0.2) is 24.4 Å². The molecule has 18 heavy (non-hydrogen) atoms. The van der Waals surface area contributed by atoms with Crippen LogP contribution in [-0.2, 0) is 11.2 Å². The first-order valence-electron chi connectivity index (χ1n) is 5.15. The monoisotopic (exact) mass is 285 g/mol. The van der Waals surface area contributed by atoms with Crippen LogP contribution in [0.25, 0.3) is 5.69 Å². The topological polar surface area (TPSA) is 68.0 Å². The van der Waals surface area contributed by atoms with E-state index < -0.39 is 5.97 Å². The molecule has 0 fully saturated rings. The Bertz CT molecular complexity index is 563. The van der Waals surface area contributed by atoms with Gasteiger partial charge in [-0.1, -0.05) is 34.5 Å². The van der Waals surface area contributed by atoms with Crippen LogP contribution in [0.1, 0.15) is 12.1 Å². The molecule has 0 unspecified atom stereocenters. The summed E-state index contributed by atoms with van der Waals surface area (Å²) in [5.41, 5.74) is 1.11. The van der Waals surface area contributed by atoms with Gasteiger partial charge < -0.3 is 5.11 Å². The zero-order valence-electron chi connectivity index (χ0n) is 9.18. The molecule has 2 aromatic rings. The van der Waals surface area contributed by atoms with Crippen molar-refractivity contribution >= 4 is 29.2 Å². The van der Waals surface area contributed by atoms with E-state index in [1.54, 1.807) is 24.4 Å². The van der Waals surface area contributed by atoms with E-state index in [1.165, 1.54) is 4.68 Å². The Balaban J connectivity index is 2.27. The second kappa shape index (κ2) is 5.37. The van der Waals surface area contributed by atoms with Gasteiger partial charge >= 0.3 is 5.97 Å². The van der Waals surface area contributed by atoms with Crippen LogP contribution >= 0.6 is 23.2 Å². The molecule has 1 aromatic heterocycles. The van der Waals surface area contributed by atoms with Crippen LogP contribution in [0.4, 0.5) is 0 Å². The van der Waals surface area contributed by atoms with Gasteiger partial charge in [0.15, 0.2) is 0 Å². The maximum absolute atomic E-state index is 10.5. The van der Waals surface area contributed by atoms with Crippen LogP contribution in [0.2, 0.25) is 10.0 Å². The summed E-state index contributed by atoms with van der Waals surface area (Å²) in [4.78, 5) is 10.5. The molecule has 5 nitrogen and oxygen atoms in total. The van der Waals surface area contributed by atoms with Gasteiger partial charge in [0.2, 0.25) is 0 Å². The van der Waals surface area contributed by atoms with Crippen molar-refractivity contribution in [3.8, 4) is 5.69 Å². The van der Waals surface area contributed by atoms with E-state index in [1.807, 2.05) is 0 Å². The number of carbonyl (C=O) groups is 1. The molecule has 0 aliphatic rings. The van der Waals surface area contributed by atoms with Crippen LogP contribution in [0, 0.1) is 0 Å². The Morgan fingerprint density at radius 2 is 2.00 bits per heavy atom. The van der Waals surface area contributed by atoms with Gasteiger partial charge in [-0.15, -0.1) is 5.10 Å². The van der Waals surface area contributed by atoms with Gasteiger partial charge in [-0.3, -0.25) is 4.79 Å². The van der Waals surface area contributed by atoms with Gasteiger partial charge in [0.05, 0.1) is 28.4 Å². The number of benzene rings is 1. The van der Waals surface area contributed by atoms with Gasteiger partial charge in [0, 0.05) is 6.42 Å². The molecular weight excluding hydrogens is 277 g/mol. The van der Waals surface area contributed by atoms with E-state index >= 15 is 0 Å². The summed E-state index contributed by atoms with van der Waals surface area (Å²) in [7, 11) is 0. The largest absolute Gasteiger partial charge is 0.481 e. The number of hydrogen-bond donors (Lipinski definition) is 1.